The molecule has 0 amide bonds. The van der Waals surface area contributed by atoms with Crippen LogP contribution >= 0.6 is 23.2 Å². The van der Waals surface area contributed by atoms with Crippen LogP contribution in [0.1, 0.15) is 6.92 Å². The van der Waals surface area contributed by atoms with Crippen molar-refractivity contribution in [1.82, 2.24) is 10.2 Å². The van der Waals surface area contributed by atoms with Crippen molar-refractivity contribution in [1.29, 1.82) is 0 Å². The highest BCUT2D eigenvalue weighted by Crippen LogP contribution is 2.27. The Morgan fingerprint density at radius 1 is 1.40 bits per heavy atom. The number of aliphatic hydroxyl groups excluding tert-OH is 1. The molecule has 2 N–H and O–H groups in total. The van der Waals surface area contributed by atoms with Crippen LogP contribution in [-0.4, -0.2) is 55.9 Å². The highest BCUT2D eigenvalue weighted by atomic mass is 35.5. The highest BCUT2D eigenvalue weighted by Gasteiger charge is 2.08. The molecule has 0 aliphatic rings. The molecule has 1 aromatic rings. The van der Waals surface area contributed by atoms with Crippen LogP contribution in [-0.2, 0) is 0 Å². The minimum Gasteiger partial charge on any atom is -0.489 e. The van der Waals surface area contributed by atoms with Crippen LogP contribution in [0.25, 0.3) is 0 Å². The lowest BCUT2D eigenvalue weighted by molar-refractivity contribution is 0.106. The van der Waals surface area contributed by atoms with E-state index in [4.69, 9.17) is 27.9 Å². The molecule has 0 aliphatic carbocycles. The van der Waals surface area contributed by atoms with Crippen molar-refractivity contribution in [2.45, 2.75) is 13.0 Å². The molecule has 1 aromatic carbocycles. The number of hydrogen-bond acceptors (Lipinski definition) is 4. The first-order valence-electron chi connectivity index (χ1n) is 6.68. The van der Waals surface area contributed by atoms with Gasteiger partial charge in [-0.3, -0.25) is 0 Å². The molecular weight excluding hydrogens is 299 g/mol. The minimum atomic E-state index is -0.586. The lowest BCUT2D eigenvalue weighted by Gasteiger charge is -2.16. The summed E-state index contributed by atoms with van der Waals surface area (Å²) in [7, 11) is 2.06. The van der Waals surface area contributed by atoms with E-state index in [1.165, 1.54) is 0 Å². The summed E-state index contributed by atoms with van der Waals surface area (Å²) in [6.45, 7) is 5.56. The van der Waals surface area contributed by atoms with Gasteiger partial charge in [0.05, 0.1) is 5.02 Å². The van der Waals surface area contributed by atoms with E-state index in [-0.39, 0.29) is 6.61 Å². The van der Waals surface area contributed by atoms with Gasteiger partial charge >= 0.3 is 0 Å². The van der Waals surface area contributed by atoms with E-state index in [1.807, 2.05) is 0 Å². The number of likely N-dealkylation sites (N-methyl/N-ethyl adjacent to an activating group) is 1. The summed E-state index contributed by atoms with van der Waals surface area (Å²) < 4.78 is 5.46. The van der Waals surface area contributed by atoms with Crippen molar-refractivity contribution in [3.63, 3.8) is 0 Å². The van der Waals surface area contributed by atoms with Gasteiger partial charge < -0.3 is 20.1 Å². The van der Waals surface area contributed by atoms with Crippen molar-refractivity contribution in [3.05, 3.63) is 28.2 Å². The van der Waals surface area contributed by atoms with Gasteiger partial charge in [-0.25, -0.2) is 0 Å². The first-order valence-corrected chi connectivity index (χ1v) is 7.43. The van der Waals surface area contributed by atoms with Crippen LogP contribution < -0.4 is 10.1 Å². The number of nitrogens with one attached hydrogen (secondary N) is 1. The summed E-state index contributed by atoms with van der Waals surface area (Å²) in [5.74, 6) is 0.490. The smallest absolute Gasteiger partial charge is 0.139 e. The van der Waals surface area contributed by atoms with Gasteiger partial charge in [-0.1, -0.05) is 30.1 Å². The average molecular weight is 321 g/mol. The van der Waals surface area contributed by atoms with Gasteiger partial charge in [0.2, 0.25) is 0 Å². The Hall–Kier alpha value is -0.520. The van der Waals surface area contributed by atoms with Crippen molar-refractivity contribution in [3.8, 4) is 5.75 Å². The maximum atomic E-state index is 9.82. The van der Waals surface area contributed by atoms with Crippen LogP contribution in [0, 0.1) is 0 Å². The van der Waals surface area contributed by atoms with Crippen molar-refractivity contribution >= 4 is 23.2 Å². The predicted octanol–water partition coefficient (Wildman–Crippen LogP) is 2.27. The van der Waals surface area contributed by atoms with Gasteiger partial charge in [-0.05, 0) is 25.7 Å². The van der Waals surface area contributed by atoms with Gasteiger partial charge in [-0.2, -0.15) is 0 Å². The third-order valence-electron chi connectivity index (χ3n) is 2.91. The molecule has 0 spiro atoms. The molecule has 0 heterocycles. The molecular formula is C14H22Cl2N2O2. The summed E-state index contributed by atoms with van der Waals surface area (Å²) in [5.41, 5.74) is 0. The van der Waals surface area contributed by atoms with Gasteiger partial charge in [0.1, 0.15) is 18.5 Å². The van der Waals surface area contributed by atoms with Crippen LogP contribution in [0.4, 0.5) is 0 Å². The highest BCUT2D eigenvalue weighted by molar-refractivity contribution is 6.34. The molecule has 0 radical (unpaired) electrons. The zero-order chi connectivity index (χ0) is 15.0. The van der Waals surface area contributed by atoms with Gasteiger partial charge in [-0.15, -0.1) is 0 Å². The van der Waals surface area contributed by atoms with E-state index >= 15 is 0 Å². The Kier molecular flexibility index (Phi) is 8.26. The molecule has 1 atom stereocenters. The fourth-order valence-electron chi connectivity index (χ4n) is 1.53. The average Bonchev–Trinajstić information content (AvgIpc) is 2.44. The molecule has 0 aromatic heterocycles. The number of benzene rings is 1. The molecule has 0 fully saturated rings. The second-order valence-corrected chi connectivity index (χ2v) is 5.48. The third-order valence-corrected chi connectivity index (χ3v) is 3.46. The van der Waals surface area contributed by atoms with Gasteiger partial charge in [0, 0.05) is 30.7 Å². The Bertz CT molecular complexity index is 405. The number of halogens is 2. The first kappa shape index (κ1) is 17.5. The zero-order valence-electron chi connectivity index (χ0n) is 11.9. The number of rotatable bonds is 9. The van der Waals surface area contributed by atoms with Crippen molar-refractivity contribution in [2.24, 2.45) is 0 Å². The standard InChI is InChI=1S/C14H22Cl2N2O2/c1-3-18(2)7-6-17-9-12(19)10-20-14-8-11(15)4-5-13(14)16/h4-5,8,12,17,19H,3,6-7,9-10H2,1-2H3. The lowest BCUT2D eigenvalue weighted by Crippen LogP contribution is -2.36. The van der Waals surface area contributed by atoms with Crippen LogP contribution in [0.2, 0.25) is 10.0 Å². The molecule has 114 valence electrons. The minimum absolute atomic E-state index is 0.177. The van der Waals surface area contributed by atoms with E-state index in [0.29, 0.717) is 22.3 Å². The Balaban J connectivity index is 2.22. The van der Waals surface area contributed by atoms with Gasteiger partial charge in [0.25, 0.3) is 0 Å². The SMILES string of the molecule is CCN(C)CCNCC(O)COc1cc(Cl)ccc1Cl. The fourth-order valence-corrected chi connectivity index (χ4v) is 1.86. The molecule has 20 heavy (non-hydrogen) atoms. The normalized spacial score (nSPS) is 12.7. The molecule has 1 rings (SSSR count). The summed E-state index contributed by atoms with van der Waals surface area (Å²) in [6, 6.07) is 5.00. The van der Waals surface area contributed by atoms with Crippen LogP contribution in [0.15, 0.2) is 18.2 Å². The fraction of sp³-hybridized carbons (Fsp3) is 0.571. The topological polar surface area (TPSA) is 44.7 Å². The number of hydrogen-bond donors (Lipinski definition) is 2. The van der Waals surface area contributed by atoms with E-state index in [2.05, 4.69) is 24.2 Å². The Labute approximate surface area is 130 Å². The Morgan fingerprint density at radius 3 is 2.85 bits per heavy atom. The maximum Gasteiger partial charge on any atom is 0.139 e. The van der Waals surface area contributed by atoms with E-state index in [9.17, 15) is 5.11 Å². The summed E-state index contributed by atoms with van der Waals surface area (Å²) >= 11 is 11.8. The second-order valence-electron chi connectivity index (χ2n) is 4.64. The van der Waals surface area contributed by atoms with Crippen LogP contribution in [0.3, 0.4) is 0 Å². The summed E-state index contributed by atoms with van der Waals surface area (Å²) in [4.78, 5) is 2.20. The zero-order valence-corrected chi connectivity index (χ0v) is 13.4. The Morgan fingerprint density at radius 2 is 2.15 bits per heavy atom. The molecule has 6 heteroatoms. The summed E-state index contributed by atoms with van der Waals surface area (Å²) in [5, 5.41) is 14.0. The first-order chi connectivity index (χ1) is 9.52. The van der Waals surface area contributed by atoms with Gasteiger partial charge in [0.15, 0.2) is 0 Å². The quantitative estimate of drug-likeness (QED) is 0.685. The maximum absolute atomic E-state index is 9.82. The van der Waals surface area contributed by atoms with Crippen LogP contribution in [0.5, 0.6) is 5.75 Å². The molecule has 0 aliphatic heterocycles. The molecule has 1 unspecified atom stereocenters. The molecule has 4 nitrogen and oxygen atoms in total. The third kappa shape index (κ3) is 6.77. The van der Waals surface area contributed by atoms with Crippen molar-refractivity contribution in [2.75, 3.05) is 39.8 Å². The van der Waals surface area contributed by atoms with Crippen molar-refractivity contribution < 1.29 is 9.84 Å². The number of ether oxygens (including phenoxy) is 1. The van der Waals surface area contributed by atoms with E-state index in [1.54, 1.807) is 18.2 Å². The largest absolute Gasteiger partial charge is 0.489 e. The van der Waals surface area contributed by atoms with E-state index in [0.717, 1.165) is 19.6 Å². The lowest BCUT2D eigenvalue weighted by atomic mass is 10.3. The van der Waals surface area contributed by atoms with E-state index < -0.39 is 6.10 Å². The number of aliphatic hydroxyl groups is 1. The monoisotopic (exact) mass is 320 g/mol. The molecule has 0 bridgehead atoms. The molecule has 0 saturated heterocycles. The molecule has 0 saturated carbocycles. The second kappa shape index (κ2) is 9.42. The predicted molar refractivity (Wildman–Crippen MR) is 84.0 cm³/mol. The number of nitrogens with zero attached hydrogens (tertiary/aromatic N) is 1. The summed E-state index contributed by atoms with van der Waals surface area (Å²) in [6.07, 6.45) is -0.586.